The number of nitrogens with two attached hydrogens (primary N) is 1. The van der Waals surface area contributed by atoms with Crippen LogP contribution in [-0.4, -0.2) is 22.5 Å². The average molecular weight is 327 g/mol. The number of carbonyl (C=O) groups excluding carboxylic acids is 2. The second kappa shape index (κ2) is 6.85. The maximum atomic E-state index is 12.2. The predicted molar refractivity (Wildman–Crippen MR) is 90.3 cm³/mol. The Bertz CT molecular complexity index is 704. The number of hydrazine groups is 1. The highest BCUT2D eigenvalue weighted by molar-refractivity contribution is 8.00. The molecule has 0 bridgehead atoms. The van der Waals surface area contributed by atoms with Gasteiger partial charge in [-0.3, -0.25) is 15.0 Å². The van der Waals surface area contributed by atoms with E-state index in [-0.39, 0.29) is 17.2 Å². The fourth-order valence-corrected chi connectivity index (χ4v) is 3.75. The molecule has 2 aromatic rings. The van der Waals surface area contributed by atoms with E-state index in [1.807, 2.05) is 47.4 Å². The smallest absolute Gasteiger partial charge is 0.265 e. The Morgan fingerprint density at radius 3 is 2.52 bits per heavy atom. The molecule has 0 aromatic heterocycles. The molecule has 1 saturated heterocycles. The van der Waals surface area contributed by atoms with Gasteiger partial charge in [0.05, 0.1) is 5.75 Å². The van der Waals surface area contributed by atoms with Crippen LogP contribution in [0.1, 0.15) is 26.9 Å². The van der Waals surface area contributed by atoms with Gasteiger partial charge in [0.1, 0.15) is 5.37 Å². The van der Waals surface area contributed by atoms with Gasteiger partial charge >= 0.3 is 0 Å². The molecule has 118 valence electrons. The summed E-state index contributed by atoms with van der Waals surface area (Å²) in [5.74, 6) is 5.41. The minimum atomic E-state index is -0.326. The molecule has 5 nitrogen and oxygen atoms in total. The largest absolute Gasteiger partial charge is 0.322 e. The molecule has 2 amide bonds. The minimum absolute atomic E-state index is 0.0299. The molecular formula is C17H17N3O2S. The summed E-state index contributed by atoms with van der Waals surface area (Å²) in [6, 6.07) is 17.1. The molecule has 1 atom stereocenters. The van der Waals surface area contributed by atoms with Crippen molar-refractivity contribution in [2.24, 2.45) is 5.84 Å². The maximum Gasteiger partial charge on any atom is 0.265 e. The molecule has 1 fully saturated rings. The molecule has 1 aliphatic heterocycles. The van der Waals surface area contributed by atoms with Crippen molar-refractivity contribution in [3.8, 4) is 0 Å². The summed E-state index contributed by atoms with van der Waals surface area (Å²) < 4.78 is 0. The van der Waals surface area contributed by atoms with Crippen molar-refractivity contribution in [1.82, 2.24) is 10.3 Å². The van der Waals surface area contributed by atoms with E-state index in [4.69, 9.17) is 5.84 Å². The van der Waals surface area contributed by atoms with Crippen LogP contribution >= 0.6 is 11.8 Å². The molecular weight excluding hydrogens is 310 g/mol. The summed E-state index contributed by atoms with van der Waals surface area (Å²) in [6.07, 6.45) is 0. The molecule has 23 heavy (non-hydrogen) atoms. The molecule has 1 heterocycles. The van der Waals surface area contributed by atoms with Crippen molar-refractivity contribution in [2.75, 3.05) is 5.75 Å². The van der Waals surface area contributed by atoms with Crippen molar-refractivity contribution < 1.29 is 9.59 Å². The first-order valence-electron chi connectivity index (χ1n) is 7.25. The fourth-order valence-electron chi connectivity index (χ4n) is 2.56. The van der Waals surface area contributed by atoms with E-state index in [0.717, 1.165) is 11.1 Å². The number of rotatable bonds is 4. The standard InChI is InChI=1S/C17H17N3O2S/c18-19-16(22)13-6-8-14(9-7-13)17-20(15(21)11-23-17)10-12-4-2-1-3-5-12/h1-9,17H,10-11,18H2,(H,19,22)/t17-/m0/s1. The van der Waals surface area contributed by atoms with E-state index in [9.17, 15) is 9.59 Å². The number of hydrogen-bond donors (Lipinski definition) is 2. The number of nitrogens with zero attached hydrogens (tertiary/aromatic N) is 1. The first kappa shape index (κ1) is 15.6. The van der Waals surface area contributed by atoms with Crippen LogP contribution in [-0.2, 0) is 11.3 Å². The molecule has 0 unspecified atom stereocenters. The molecule has 0 spiro atoms. The predicted octanol–water partition coefficient (Wildman–Crippen LogP) is 2.06. The van der Waals surface area contributed by atoms with Gasteiger partial charge in [-0.05, 0) is 23.3 Å². The van der Waals surface area contributed by atoms with Crippen molar-refractivity contribution in [3.63, 3.8) is 0 Å². The molecule has 3 N–H and O–H groups in total. The zero-order valence-corrected chi connectivity index (χ0v) is 13.3. The van der Waals surface area contributed by atoms with Crippen LogP contribution in [0.2, 0.25) is 0 Å². The number of carbonyl (C=O) groups is 2. The van der Waals surface area contributed by atoms with Gasteiger partial charge in [0.15, 0.2) is 0 Å². The number of amides is 2. The Balaban J connectivity index is 1.80. The zero-order valence-electron chi connectivity index (χ0n) is 12.4. The topological polar surface area (TPSA) is 75.4 Å². The van der Waals surface area contributed by atoms with E-state index in [1.165, 1.54) is 0 Å². The Morgan fingerprint density at radius 1 is 1.17 bits per heavy atom. The number of benzene rings is 2. The Morgan fingerprint density at radius 2 is 1.87 bits per heavy atom. The van der Waals surface area contributed by atoms with Crippen molar-refractivity contribution >= 4 is 23.6 Å². The van der Waals surface area contributed by atoms with Crippen LogP contribution in [0, 0.1) is 0 Å². The number of thioether (sulfide) groups is 1. The molecule has 2 aromatic carbocycles. The summed E-state index contributed by atoms with van der Waals surface area (Å²) >= 11 is 1.60. The Hall–Kier alpha value is -2.31. The highest BCUT2D eigenvalue weighted by Crippen LogP contribution is 2.39. The number of hydrogen-bond acceptors (Lipinski definition) is 4. The first-order valence-corrected chi connectivity index (χ1v) is 8.30. The summed E-state index contributed by atoms with van der Waals surface area (Å²) in [7, 11) is 0. The lowest BCUT2D eigenvalue weighted by atomic mass is 10.1. The van der Waals surface area contributed by atoms with Crippen LogP contribution in [0.4, 0.5) is 0 Å². The third-order valence-electron chi connectivity index (χ3n) is 3.75. The third kappa shape index (κ3) is 3.38. The second-order valence-corrected chi connectivity index (χ2v) is 6.33. The highest BCUT2D eigenvalue weighted by Gasteiger charge is 2.32. The average Bonchev–Trinajstić information content (AvgIpc) is 2.96. The van der Waals surface area contributed by atoms with Gasteiger partial charge in [-0.2, -0.15) is 0 Å². The summed E-state index contributed by atoms with van der Waals surface area (Å²) in [4.78, 5) is 25.6. The van der Waals surface area contributed by atoms with Crippen LogP contribution in [0.15, 0.2) is 54.6 Å². The summed E-state index contributed by atoms with van der Waals surface area (Å²) in [5, 5.41) is -0.0299. The Kier molecular flexibility index (Phi) is 4.64. The second-order valence-electron chi connectivity index (χ2n) is 5.27. The summed E-state index contributed by atoms with van der Waals surface area (Å²) in [6.45, 7) is 0.586. The molecule has 0 saturated carbocycles. The third-order valence-corrected chi connectivity index (χ3v) is 5.01. The van der Waals surface area contributed by atoms with Crippen LogP contribution in [0.25, 0.3) is 0 Å². The van der Waals surface area contributed by atoms with E-state index >= 15 is 0 Å². The van der Waals surface area contributed by atoms with Gasteiger partial charge in [0, 0.05) is 12.1 Å². The van der Waals surface area contributed by atoms with Crippen molar-refractivity contribution in [3.05, 3.63) is 71.3 Å². The van der Waals surface area contributed by atoms with Gasteiger partial charge in [-0.15, -0.1) is 11.8 Å². The van der Waals surface area contributed by atoms with Gasteiger partial charge < -0.3 is 4.90 Å². The van der Waals surface area contributed by atoms with E-state index < -0.39 is 0 Å². The highest BCUT2D eigenvalue weighted by atomic mass is 32.2. The molecule has 1 aliphatic rings. The van der Waals surface area contributed by atoms with Gasteiger partial charge in [-0.25, -0.2) is 5.84 Å². The molecule has 3 rings (SSSR count). The minimum Gasteiger partial charge on any atom is -0.322 e. The zero-order chi connectivity index (χ0) is 16.2. The summed E-state index contributed by atoms with van der Waals surface area (Å²) in [5.41, 5.74) is 4.72. The molecule has 6 heteroatoms. The van der Waals surface area contributed by atoms with Crippen molar-refractivity contribution in [2.45, 2.75) is 11.9 Å². The van der Waals surface area contributed by atoms with Gasteiger partial charge in [0.25, 0.3) is 5.91 Å². The lowest BCUT2D eigenvalue weighted by molar-refractivity contribution is -0.128. The maximum absolute atomic E-state index is 12.2. The quantitative estimate of drug-likeness (QED) is 0.512. The SMILES string of the molecule is NNC(=O)c1ccc([C@@H]2SCC(=O)N2Cc2ccccc2)cc1. The normalized spacial score (nSPS) is 17.3. The fraction of sp³-hybridized carbons (Fsp3) is 0.176. The van der Waals surface area contributed by atoms with Gasteiger partial charge in [-0.1, -0.05) is 42.5 Å². The number of nitrogen functional groups attached to an aromatic ring is 1. The van der Waals surface area contributed by atoms with Gasteiger partial charge in [0.2, 0.25) is 5.91 Å². The van der Waals surface area contributed by atoms with E-state index in [0.29, 0.717) is 17.9 Å². The Labute approximate surface area is 138 Å². The van der Waals surface area contributed by atoms with Crippen molar-refractivity contribution in [1.29, 1.82) is 0 Å². The lowest BCUT2D eigenvalue weighted by Crippen LogP contribution is -2.30. The van der Waals surface area contributed by atoms with Crippen LogP contribution in [0.5, 0.6) is 0 Å². The molecule has 0 radical (unpaired) electrons. The van der Waals surface area contributed by atoms with Crippen LogP contribution in [0.3, 0.4) is 0 Å². The molecule has 0 aliphatic carbocycles. The monoisotopic (exact) mass is 327 g/mol. The number of nitrogens with one attached hydrogen (secondary N) is 1. The van der Waals surface area contributed by atoms with E-state index in [2.05, 4.69) is 5.43 Å². The lowest BCUT2D eigenvalue weighted by Gasteiger charge is -2.24. The van der Waals surface area contributed by atoms with Crippen LogP contribution < -0.4 is 11.3 Å². The first-order chi connectivity index (χ1) is 11.2. The van der Waals surface area contributed by atoms with E-state index in [1.54, 1.807) is 23.9 Å².